The number of nitrogens with one attached hydrogen (secondary N) is 1. The number of aryl methyl sites for hydroxylation is 2. The van der Waals surface area contributed by atoms with Gasteiger partial charge in [0.2, 0.25) is 6.41 Å². The predicted octanol–water partition coefficient (Wildman–Crippen LogP) is 3.65. The molecule has 0 radical (unpaired) electrons. The van der Waals surface area contributed by atoms with Gasteiger partial charge in [0.25, 0.3) is 6.43 Å². The van der Waals surface area contributed by atoms with Crippen LogP contribution in [0.3, 0.4) is 0 Å². The highest BCUT2D eigenvalue weighted by atomic mass is 19.3. The minimum atomic E-state index is -2.50. The lowest BCUT2D eigenvalue weighted by molar-refractivity contribution is -0.118. The van der Waals surface area contributed by atoms with E-state index in [2.05, 4.69) is 14.9 Å². The Morgan fingerprint density at radius 3 is 2.74 bits per heavy atom. The fourth-order valence-electron chi connectivity index (χ4n) is 5.34. The first-order chi connectivity index (χ1) is 15.1. The smallest absolute Gasteiger partial charge is 0.264 e. The number of halogens is 2. The average molecular weight is 430 g/mol. The Morgan fingerprint density at radius 1 is 1.19 bits per heavy atom. The van der Waals surface area contributed by atoms with E-state index in [-0.39, 0.29) is 5.56 Å². The van der Waals surface area contributed by atoms with Crippen molar-refractivity contribution in [1.82, 2.24) is 20.0 Å². The molecule has 0 saturated carbocycles. The molecule has 1 N–H and O–H groups in total. The number of anilines is 2. The zero-order chi connectivity index (χ0) is 21.5. The molecule has 3 aliphatic rings. The maximum Gasteiger partial charge on any atom is 0.264 e. The van der Waals surface area contributed by atoms with Crippen LogP contribution in [0.2, 0.25) is 0 Å². The van der Waals surface area contributed by atoms with Gasteiger partial charge in [-0.15, -0.1) is 0 Å². The van der Waals surface area contributed by atoms with Crippen LogP contribution in [0.5, 0.6) is 0 Å². The van der Waals surface area contributed by atoms with E-state index in [4.69, 9.17) is 5.10 Å². The Labute approximate surface area is 181 Å². The molecule has 0 unspecified atom stereocenters. The van der Waals surface area contributed by atoms with Crippen LogP contribution in [0.25, 0.3) is 0 Å². The van der Waals surface area contributed by atoms with Crippen molar-refractivity contribution in [2.45, 2.75) is 58.0 Å². The highest BCUT2D eigenvalue weighted by molar-refractivity contribution is 5.70. The summed E-state index contributed by atoms with van der Waals surface area (Å²) in [6.45, 7) is 5.67. The number of nitrogens with zero attached hydrogens (tertiary/aromatic N) is 4. The van der Waals surface area contributed by atoms with Crippen molar-refractivity contribution in [3.63, 3.8) is 0 Å². The van der Waals surface area contributed by atoms with Crippen LogP contribution >= 0.6 is 0 Å². The number of benzene rings is 1. The molecule has 166 valence electrons. The second kappa shape index (κ2) is 8.22. The molecule has 5 rings (SSSR count). The molecule has 1 aromatic heterocycles. The quantitative estimate of drug-likeness (QED) is 0.754. The van der Waals surface area contributed by atoms with E-state index in [0.717, 1.165) is 80.8 Å². The molecular formula is C23H29F2N5O. The molecule has 0 atom stereocenters. The molecule has 0 bridgehead atoms. The first-order valence-corrected chi connectivity index (χ1v) is 11.3. The number of aromatic nitrogens is 2. The van der Waals surface area contributed by atoms with Crippen molar-refractivity contribution in [3.05, 3.63) is 40.1 Å². The van der Waals surface area contributed by atoms with Crippen molar-refractivity contribution in [2.24, 2.45) is 0 Å². The highest BCUT2D eigenvalue weighted by Crippen LogP contribution is 2.41. The lowest BCUT2D eigenvalue weighted by Gasteiger charge is -2.32. The number of alkyl halides is 2. The molecule has 1 amide bonds. The van der Waals surface area contributed by atoms with E-state index < -0.39 is 6.43 Å². The van der Waals surface area contributed by atoms with Gasteiger partial charge in [-0.05, 0) is 62.9 Å². The van der Waals surface area contributed by atoms with Gasteiger partial charge in [0.1, 0.15) is 0 Å². The number of hydrogen-bond acceptors (Lipinski definition) is 4. The van der Waals surface area contributed by atoms with Gasteiger partial charge in [-0.25, -0.2) is 8.78 Å². The number of amides is 1. The molecule has 4 heterocycles. The van der Waals surface area contributed by atoms with E-state index in [0.29, 0.717) is 24.7 Å². The van der Waals surface area contributed by atoms with Crippen molar-refractivity contribution in [3.8, 4) is 0 Å². The third-order valence-corrected chi connectivity index (χ3v) is 6.97. The number of hydrogen-bond donors (Lipinski definition) is 1. The third-order valence-electron chi connectivity index (χ3n) is 6.97. The molecule has 0 aliphatic carbocycles. The van der Waals surface area contributed by atoms with Gasteiger partial charge in [0.05, 0.1) is 12.6 Å². The van der Waals surface area contributed by atoms with Crippen LogP contribution in [0, 0.1) is 6.92 Å². The summed E-state index contributed by atoms with van der Waals surface area (Å²) in [5, 5.41) is 8.50. The normalized spacial score (nSPS) is 19.5. The second-order valence-corrected chi connectivity index (χ2v) is 8.89. The Balaban J connectivity index is 1.62. The maximum atomic E-state index is 13.7. The Kier molecular flexibility index (Phi) is 5.42. The molecular weight excluding hydrogens is 400 g/mol. The molecule has 6 nitrogen and oxygen atoms in total. The van der Waals surface area contributed by atoms with E-state index in [1.54, 1.807) is 17.9 Å². The summed E-state index contributed by atoms with van der Waals surface area (Å²) in [5.41, 5.74) is 4.95. The topological polar surface area (TPSA) is 53.4 Å². The van der Waals surface area contributed by atoms with Gasteiger partial charge in [0, 0.05) is 42.0 Å². The van der Waals surface area contributed by atoms with Gasteiger partial charge in [-0.3, -0.25) is 9.48 Å². The number of piperidine rings is 1. The standard InChI is InChI=1S/C23H29F2N5O/c1-15-11-16-3-2-9-29(21(16)12-18(15)22(24)25)23-19-13-28(14-31)10-6-20(19)30(27-23)17-4-7-26-8-5-17/h11-12,14,17,22,26H,2-10,13H2,1H3. The van der Waals surface area contributed by atoms with Crippen molar-refractivity contribution >= 4 is 17.9 Å². The molecule has 3 aliphatic heterocycles. The second-order valence-electron chi connectivity index (χ2n) is 8.89. The van der Waals surface area contributed by atoms with E-state index in [9.17, 15) is 13.6 Å². The number of carbonyl (C=O) groups excluding carboxylic acids is 1. The summed E-state index contributed by atoms with van der Waals surface area (Å²) in [6, 6.07) is 3.91. The minimum Gasteiger partial charge on any atom is -0.340 e. The summed E-state index contributed by atoms with van der Waals surface area (Å²) in [5.74, 6) is 0.838. The van der Waals surface area contributed by atoms with Gasteiger partial charge in [-0.2, -0.15) is 5.10 Å². The van der Waals surface area contributed by atoms with Gasteiger partial charge in [-0.1, -0.05) is 6.07 Å². The average Bonchev–Trinajstić information content (AvgIpc) is 3.17. The van der Waals surface area contributed by atoms with E-state index in [1.807, 2.05) is 6.07 Å². The molecule has 31 heavy (non-hydrogen) atoms. The van der Waals surface area contributed by atoms with Crippen LogP contribution in [0.1, 0.15) is 59.7 Å². The number of rotatable bonds is 4. The lowest BCUT2D eigenvalue weighted by atomic mass is 9.95. The SMILES string of the molecule is Cc1cc2c(cc1C(F)F)N(c1nn(C3CCNCC3)c3c1CN(C=O)CC3)CCC2. The molecule has 1 saturated heterocycles. The first-order valence-electron chi connectivity index (χ1n) is 11.3. The van der Waals surface area contributed by atoms with Crippen LogP contribution in [0.15, 0.2) is 12.1 Å². The monoisotopic (exact) mass is 429 g/mol. The summed E-state index contributed by atoms with van der Waals surface area (Å²) in [6.07, 6.45) is 3.06. The Bertz CT molecular complexity index is 983. The highest BCUT2D eigenvalue weighted by Gasteiger charge is 2.32. The van der Waals surface area contributed by atoms with Crippen LogP contribution in [-0.2, 0) is 24.2 Å². The molecule has 8 heteroatoms. The van der Waals surface area contributed by atoms with Gasteiger partial charge >= 0.3 is 0 Å². The molecule has 2 aromatic rings. The number of carbonyl (C=O) groups is 1. The molecule has 1 fully saturated rings. The Morgan fingerprint density at radius 2 is 2.00 bits per heavy atom. The summed E-state index contributed by atoms with van der Waals surface area (Å²) in [4.78, 5) is 15.4. The van der Waals surface area contributed by atoms with Crippen molar-refractivity contribution in [2.75, 3.05) is 31.1 Å². The summed E-state index contributed by atoms with van der Waals surface area (Å²) in [7, 11) is 0. The fraction of sp³-hybridized carbons (Fsp3) is 0.565. The maximum absolute atomic E-state index is 13.7. The Hall–Kier alpha value is -2.48. The van der Waals surface area contributed by atoms with E-state index >= 15 is 0 Å². The van der Waals surface area contributed by atoms with E-state index in [1.165, 1.54) is 5.69 Å². The van der Waals surface area contributed by atoms with Gasteiger partial charge < -0.3 is 15.1 Å². The fourth-order valence-corrected chi connectivity index (χ4v) is 5.34. The summed E-state index contributed by atoms with van der Waals surface area (Å²) < 4.78 is 29.5. The van der Waals surface area contributed by atoms with Crippen molar-refractivity contribution < 1.29 is 13.6 Å². The predicted molar refractivity (Wildman–Crippen MR) is 115 cm³/mol. The largest absolute Gasteiger partial charge is 0.340 e. The lowest BCUT2D eigenvalue weighted by Crippen LogP contribution is -2.33. The number of fused-ring (bicyclic) bond motifs is 2. The summed E-state index contributed by atoms with van der Waals surface area (Å²) >= 11 is 0. The molecule has 1 aromatic carbocycles. The van der Waals surface area contributed by atoms with Crippen LogP contribution < -0.4 is 10.2 Å². The van der Waals surface area contributed by atoms with Crippen molar-refractivity contribution in [1.29, 1.82) is 0 Å². The minimum absolute atomic E-state index is 0.0897. The van der Waals surface area contributed by atoms with Crippen LogP contribution in [-0.4, -0.2) is 47.3 Å². The first kappa shape index (κ1) is 20.4. The van der Waals surface area contributed by atoms with Crippen LogP contribution in [0.4, 0.5) is 20.3 Å². The zero-order valence-corrected chi connectivity index (χ0v) is 17.9. The molecule has 0 spiro atoms. The van der Waals surface area contributed by atoms with Gasteiger partial charge in [0.15, 0.2) is 5.82 Å². The zero-order valence-electron chi connectivity index (χ0n) is 17.9. The third kappa shape index (κ3) is 3.60.